The van der Waals surface area contributed by atoms with Crippen LogP contribution in [0, 0.1) is 6.92 Å². The fraction of sp³-hybridized carbons (Fsp3) is 0.208. The Kier molecular flexibility index (Phi) is 7.57. The second-order valence-corrected chi connectivity index (χ2v) is 7.16. The predicted molar refractivity (Wildman–Crippen MR) is 122 cm³/mol. The summed E-state index contributed by atoms with van der Waals surface area (Å²) in [4.78, 5) is 12.2. The Labute approximate surface area is 182 Å². The number of anilines is 2. The van der Waals surface area contributed by atoms with Gasteiger partial charge in [0.25, 0.3) is 5.91 Å². The molecule has 0 aliphatic rings. The molecule has 0 atom stereocenters. The molecule has 3 aromatic rings. The molecule has 3 aromatic carbocycles. The molecule has 6 heteroatoms. The Bertz CT molecular complexity index is 990. The third kappa shape index (κ3) is 6.16. The van der Waals surface area contributed by atoms with Crippen molar-refractivity contribution in [1.29, 1.82) is 0 Å². The highest BCUT2D eigenvalue weighted by atomic mass is 35.5. The van der Waals surface area contributed by atoms with Crippen molar-refractivity contribution in [1.82, 2.24) is 0 Å². The van der Waals surface area contributed by atoms with Crippen LogP contribution in [0.5, 0.6) is 11.5 Å². The van der Waals surface area contributed by atoms with E-state index in [2.05, 4.69) is 29.7 Å². The van der Waals surface area contributed by atoms with Crippen LogP contribution >= 0.6 is 11.6 Å². The van der Waals surface area contributed by atoms with Gasteiger partial charge in [-0.1, -0.05) is 47.5 Å². The molecule has 0 heterocycles. The molecule has 30 heavy (non-hydrogen) atoms. The number of halogens is 1. The van der Waals surface area contributed by atoms with E-state index in [1.165, 1.54) is 5.56 Å². The molecule has 1 amide bonds. The molecule has 5 nitrogen and oxygen atoms in total. The van der Waals surface area contributed by atoms with Crippen LogP contribution in [0.15, 0.2) is 66.7 Å². The number of benzene rings is 3. The maximum Gasteiger partial charge on any atom is 0.262 e. The van der Waals surface area contributed by atoms with Crippen molar-refractivity contribution in [2.45, 2.75) is 20.4 Å². The van der Waals surface area contributed by atoms with Gasteiger partial charge >= 0.3 is 0 Å². The number of carbonyl (C=O) groups is 1. The van der Waals surface area contributed by atoms with Gasteiger partial charge in [0.15, 0.2) is 18.1 Å². The number of carbonyl (C=O) groups excluding carboxylic acids is 1. The van der Waals surface area contributed by atoms with E-state index in [1.807, 2.05) is 37.3 Å². The zero-order chi connectivity index (χ0) is 21.3. The average molecular weight is 425 g/mol. The number of nitrogens with one attached hydrogen (secondary N) is 2. The van der Waals surface area contributed by atoms with Crippen LogP contribution < -0.4 is 20.1 Å². The van der Waals surface area contributed by atoms with E-state index in [9.17, 15) is 4.79 Å². The molecule has 0 bridgehead atoms. The van der Waals surface area contributed by atoms with E-state index in [0.717, 1.165) is 11.3 Å². The van der Waals surface area contributed by atoms with Gasteiger partial charge in [-0.25, -0.2) is 0 Å². The van der Waals surface area contributed by atoms with Crippen molar-refractivity contribution in [3.63, 3.8) is 0 Å². The zero-order valence-corrected chi connectivity index (χ0v) is 17.8. The molecular weight excluding hydrogens is 400 g/mol. The second kappa shape index (κ2) is 10.6. The van der Waals surface area contributed by atoms with Crippen molar-refractivity contribution < 1.29 is 14.3 Å². The predicted octanol–water partition coefficient (Wildman–Crippen LogP) is 5.68. The first-order valence-electron chi connectivity index (χ1n) is 9.78. The van der Waals surface area contributed by atoms with Gasteiger partial charge in [-0.3, -0.25) is 4.79 Å². The summed E-state index contributed by atoms with van der Waals surface area (Å²) in [5.41, 5.74) is 3.87. The van der Waals surface area contributed by atoms with Crippen molar-refractivity contribution >= 4 is 28.9 Å². The first-order chi connectivity index (χ1) is 14.5. The monoisotopic (exact) mass is 424 g/mol. The van der Waals surface area contributed by atoms with Crippen molar-refractivity contribution in [3.05, 3.63) is 82.9 Å². The molecule has 0 aliphatic carbocycles. The lowest BCUT2D eigenvalue weighted by molar-refractivity contribution is -0.118. The minimum atomic E-state index is -0.296. The fourth-order valence-corrected chi connectivity index (χ4v) is 3.00. The number of para-hydroxylation sites is 1. The quantitative estimate of drug-likeness (QED) is 0.464. The first-order valence-corrected chi connectivity index (χ1v) is 10.2. The summed E-state index contributed by atoms with van der Waals surface area (Å²) in [6.45, 7) is 4.97. The Balaban J connectivity index is 1.60. The van der Waals surface area contributed by atoms with E-state index >= 15 is 0 Å². The summed E-state index contributed by atoms with van der Waals surface area (Å²) in [7, 11) is 0. The van der Waals surface area contributed by atoms with Gasteiger partial charge < -0.3 is 20.1 Å². The van der Waals surface area contributed by atoms with Gasteiger partial charge in [0.2, 0.25) is 0 Å². The molecule has 156 valence electrons. The van der Waals surface area contributed by atoms with Gasteiger partial charge in [0.05, 0.1) is 17.3 Å². The highest BCUT2D eigenvalue weighted by Crippen LogP contribution is 2.29. The SMILES string of the molecule is CCOc1cc(CNc2ccc(C)cc2)ccc1OCC(=O)Nc1ccccc1Cl. The second-order valence-electron chi connectivity index (χ2n) is 6.75. The minimum absolute atomic E-state index is 0.147. The maximum atomic E-state index is 12.2. The van der Waals surface area contributed by atoms with E-state index < -0.39 is 0 Å². The van der Waals surface area contributed by atoms with Gasteiger partial charge in [-0.05, 0) is 55.8 Å². The van der Waals surface area contributed by atoms with E-state index in [-0.39, 0.29) is 12.5 Å². The number of aryl methyl sites for hydroxylation is 1. The number of hydrogen-bond acceptors (Lipinski definition) is 4. The lowest BCUT2D eigenvalue weighted by atomic mass is 10.2. The summed E-state index contributed by atoms with van der Waals surface area (Å²) >= 11 is 6.07. The molecule has 2 N–H and O–H groups in total. The van der Waals surface area contributed by atoms with E-state index in [1.54, 1.807) is 24.3 Å². The van der Waals surface area contributed by atoms with Crippen LogP contribution in [0.2, 0.25) is 5.02 Å². The van der Waals surface area contributed by atoms with Crippen molar-refractivity contribution in [2.75, 3.05) is 23.8 Å². The smallest absolute Gasteiger partial charge is 0.262 e. The number of amides is 1. The minimum Gasteiger partial charge on any atom is -0.490 e. The van der Waals surface area contributed by atoms with Crippen molar-refractivity contribution in [2.24, 2.45) is 0 Å². The van der Waals surface area contributed by atoms with Crippen LogP contribution in [0.25, 0.3) is 0 Å². The molecule has 0 saturated heterocycles. The summed E-state index contributed by atoms with van der Waals surface area (Å²) < 4.78 is 11.4. The maximum absolute atomic E-state index is 12.2. The van der Waals surface area contributed by atoms with E-state index in [4.69, 9.17) is 21.1 Å². The molecule has 0 spiro atoms. The highest BCUT2D eigenvalue weighted by molar-refractivity contribution is 6.33. The standard InChI is InChI=1S/C24H25ClN2O3/c1-3-29-23-14-18(15-26-19-11-8-17(2)9-12-19)10-13-22(23)30-16-24(28)27-21-7-5-4-6-20(21)25/h4-14,26H,3,15-16H2,1-2H3,(H,27,28). The Morgan fingerprint density at radius 1 is 0.967 bits per heavy atom. The molecule has 3 rings (SSSR count). The van der Waals surface area contributed by atoms with Crippen LogP contribution in [0.4, 0.5) is 11.4 Å². The van der Waals surface area contributed by atoms with Gasteiger partial charge in [0, 0.05) is 12.2 Å². The van der Waals surface area contributed by atoms with Crippen LogP contribution in [0.1, 0.15) is 18.1 Å². The summed E-state index contributed by atoms with van der Waals surface area (Å²) in [5.74, 6) is 0.826. The fourth-order valence-electron chi connectivity index (χ4n) is 2.82. The normalized spacial score (nSPS) is 10.4. The van der Waals surface area contributed by atoms with Gasteiger partial charge in [0.1, 0.15) is 0 Å². The molecular formula is C24H25ClN2O3. The summed E-state index contributed by atoms with van der Waals surface area (Å²) in [6.07, 6.45) is 0. The largest absolute Gasteiger partial charge is 0.490 e. The number of ether oxygens (including phenoxy) is 2. The molecule has 0 aliphatic heterocycles. The molecule has 0 radical (unpaired) electrons. The van der Waals surface area contributed by atoms with Gasteiger partial charge in [-0.15, -0.1) is 0 Å². The Hall–Kier alpha value is -3.18. The molecule has 0 aromatic heterocycles. The third-order valence-corrected chi connectivity index (χ3v) is 4.69. The molecule has 0 unspecified atom stereocenters. The third-order valence-electron chi connectivity index (χ3n) is 4.36. The lowest BCUT2D eigenvalue weighted by Gasteiger charge is -2.14. The summed E-state index contributed by atoms with van der Waals surface area (Å²) in [5, 5.41) is 6.60. The summed E-state index contributed by atoms with van der Waals surface area (Å²) in [6, 6.07) is 21.0. The van der Waals surface area contributed by atoms with Crippen molar-refractivity contribution in [3.8, 4) is 11.5 Å². The number of hydrogen-bond donors (Lipinski definition) is 2. The highest BCUT2D eigenvalue weighted by Gasteiger charge is 2.11. The molecule has 0 fully saturated rings. The Morgan fingerprint density at radius 2 is 1.73 bits per heavy atom. The Morgan fingerprint density at radius 3 is 2.47 bits per heavy atom. The number of rotatable bonds is 9. The van der Waals surface area contributed by atoms with Crippen LogP contribution in [0.3, 0.4) is 0 Å². The first kappa shape index (κ1) is 21.5. The topological polar surface area (TPSA) is 59.6 Å². The van der Waals surface area contributed by atoms with Gasteiger partial charge in [-0.2, -0.15) is 0 Å². The van der Waals surface area contributed by atoms with Crippen LogP contribution in [-0.2, 0) is 11.3 Å². The van der Waals surface area contributed by atoms with E-state index in [0.29, 0.717) is 35.4 Å². The average Bonchev–Trinajstić information content (AvgIpc) is 2.74. The lowest BCUT2D eigenvalue weighted by Crippen LogP contribution is -2.20. The zero-order valence-electron chi connectivity index (χ0n) is 17.1. The van der Waals surface area contributed by atoms with Crippen LogP contribution in [-0.4, -0.2) is 19.1 Å². The molecule has 0 saturated carbocycles.